The van der Waals surface area contributed by atoms with E-state index in [0.717, 1.165) is 55.9 Å². The minimum Gasteiger partial charge on any atom is -0.444 e. The summed E-state index contributed by atoms with van der Waals surface area (Å²) in [6.07, 6.45) is 5.49. The molecule has 0 saturated heterocycles. The van der Waals surface area contributed by atoms with Gasteiger partial charge in [-0.1, -0.05) is 17.7 Å². The molecule has 0 fully saturated rings. The van der Waals surface area contributed by atoms with Crippen LogP contribution in [0.25, 0.3) is 11.5 Å². The highest BCUT2D eigenvalue weighted by Crippen LogP contribution is 2.19. The molecule has 1 aliphatic heterocycles. The van der Waals surface area contributed by atoms with Crippen LogP contribution in [0, 0.1) is 6.92 Å². The fourth-order valence-corrected chi connectivity index (χ4v) is 3.74. The average molecular weight is 438 g/mol. The van der Waals surface area contributed by atoms with Crippen LogP contribution >= 0.6 is 0 Å². The molecule has 0 bridgehead atoms. The molecule has 9 heteroatoms. The number of benzene rings is 1. The summed E-state index contributed by atoms with van der Waals surface area (Å²) in [5, 5.41) is 11.0. The van der Waals surface area contributed by atoms with Crippen LogP contribution in [0.5, 0.6) is 0 Å². The third kappa shape index (κ3) is 5.27. The molecule has 0 radical (unpaired) electrons. The molecule has 32 heavy (non-hydrogen) atoms. The lowest BCUT2D eigenvalue weighted by molar-refractivity contribution is 0.509. The van der Waals surface area contributed by atoms with Crippen molar-refractivity contribution in [2.45, 2.75) is 59.2 Å². The van der Waals surface area contributed by atoms with E-state index in [9.17, 15) is 4.79 Å². The number of guanidine groups is 1. The summed E-state index contributed by atoms with van der Waals surface area (Å²) in [5.74, 6) is 2.23. The molecule has 1 aromatic carbocycles. The van der Waals surface area contributed by atoms with Gasteiger partial charge in [-0.15, -0.1) is 0 Å². The van der Waals surface area contributed by atoms with E-state index in [2.05, 4.69) is 32.6 Å². The van der Waals surface area contributed by atoms with E-state index in [1.165, 1.54) is 5.56 Å². The van der Waals surface area contributed by atoms with Gasteiger partial charge in [0.2, 0.25) is 5.89 Å². The second-order valence-electron chi connectivity index (χ2n) is 8.02. The van der Waals surface area contributed by atoms with Gasteiger partial charge in [0.1, 0.15) is 17.8 Å². The fourth-order valence-electron chi connectivity index (χ4n) is 3.74. The second kappa shape index (κ2) is 10.3. The summed E-state index contributed by atoms with van der Waals surface area (Å²) in [5.41, 5.74) is 2.93. The van der Waals surface area contributed by atoms with Crippen molar-refractivity contribution in [1.82, 2.24) is 30.0 Å². The monoisotopic (exact) mass is 437 g/mol. The standard InChI is InChI=1S/C23H31N7O2/c1-3-24-22(25-12-6-14-30-23(31)29-13-5-4-7-20(29)28-30)26-15-19-16-32-21(27-19)18-10-8-17(2)9-11-18/h8-11,16H,3-7,12-15H2,1-2H3,(H2,24,25,26). The number of aromatic nitrogens is 4. The zero-order valence-corrected chi connectivity index (χ0v) is 18.8. The number of fused-ring (bicyclic) bond motifs is 1. The Hall–Kier alpha value is -3.36. The first kappa shape index (κ1) is 21.9. The van der Waals surface area contributed by atoms with E-state index in [0.29, 0.717) is 31.5 Å². The van der Waals surface area contributed by atoms with Gasteiger partial charge in [-0.2, -0.15) is 5.10 Å². The van der Waals surface area contributed by atoms with Gasteiger partial charge < -0.3 is 15.1 Å². The third-order valence-corrected chi connectivity index (χ3v) is 5.46. The van der Waals surface area contributed by atoms with Crippen molar-refractivity contribution < 1.29 is 4.42 Å². The van der Waals surface area contributed by atoms with E-state index >= 15 is 0 Å². The van der Waals surface area contributed by atoms with Crippen LogP contribution in [0.2, 0.25) is 0 Å². The first-order chi connectivity index (χ1) is 15.6. The Morgan fingerprint density at radius 2 is 2.06 bits per heavy atom. The quantitative estimate of drug-likeness (QED) is 0.319. The van der Waals surface area contributed by atoms with Crippen LogP contribution in [-0.4, -0.2) is 38.4 Å². The maximum absolute atomic E-state index is 12.4. The van der Waals surface area contributed by atoms with Gasteiger partial charge in [0.25, 0.3) is 0 Å². The molecule has 0 aliphatic carbocycles. The minimum atomic E-state index is 0.00990. The largest absolute Gasteiger partial charge is 0.444 e. The van der Waals surface area contributed by atoms with Gasteiger partial charge in [-0.25, -0.2) is 19.5 Å². The van der Waals surface area contributed by atoms with E-state index in [1.54, 1.807) is 10.9 Å². The fraction of sp³-hybridized carbons (Fsp3) is 0.478. The van der Waals surface area contributed by atoms with Crippen LogP contribution in [0.1, 0.15) is 43.3 Å². The van der Waals surface area contributed by atoms with Crippen molar-refractivity contribution in [2.24, 2.45) is 4.99 Å². The molecule has 3 heterocycles. The van der Waals surface area contributed by atoms with Gasteiger partial charge in [0.05, 0.1) is 6.54 Å². The highest BCUT2D eigenvalue weighted by molar-refractivity contribution is 5.79. The van der Waals surface area contributed by atoms with E-state index < -0.39 is 0 Å². The average Bonchev–Trinajstić information content (AvgIpc) is 3.40. The van der Waals surface area contributed by atoms with Gasteiger partial charge in [0, 0.05) is 38.2 Å². The lowest BCUT2D eigenvalue weighted by Crippen LogP contribution is -2.38. The van der Waals surface area contributed by atoms with Crippen molar-refractivity contribution in [3.8, 4) is 11.5 Å². The van der Waals surface area contributed by atoms with Crippen LogP contribution in [0.15, 0.2) is 44.7 Å². The van der Waals surface area contributed by atoms with E-state index in [-0.39, 0.29) is 5.69 Å². The SMILES string of the molecule is CCNC(=NCc1coc(-c2ccc(C)cc2)n1)NCCCn1nc2n(c1=O)CCCC2. The third-order valence-electron chi connectivity index (χ3n) is 5.46. The topological polar surface area (TPSA) is 102 Å². The number of rotatable bonds is 8. The number of nitrogens with zero attached hydrogens (tertiary/aromatic N) is 5. The number of oxazole rings is 1. The van der Waals surface area contributed by atoms with Gasteiger partial charge in [-0.05, 0) is 45.2 Å². The Morgan fingerprint density at radius 1 is 1.22 bits per heavy atom. The molecule has 2 N–H and O–H groups in total. The molecule has 0 unspecified atom stereocenters. The predicted molar refractivity (Wildman–Crippen MR) is 124 cm³/mol. The van der Waals surface area contributed by atoms with Gasteiger partial charge in [-0.3, -0.25) is 4.57 Å². The summed E-state index contributed by atoms with van der Waals surface area (Å²) >= 11 is 0. The lowest BCUT2D eigenvalue weighted by Gasteiger charge is -2.10. The maximum atomic E-state index is 12.4. The number of hydrogen-bond acceptors (Lipinski definition) is 5. The molecule has 4 rings (SSSR count). The summed E-state index contributed by atoms with van der Waals surface area (Å²) < 4.78 is 9.02. The predicted octanol–water partition coefficient (Wildman–Crippen LogP) is 2.49. The molecule has 170 valence electrons. The Morgan fingerprint density at radius 3 is 2.84 bits per heavy atom. The van der Waals surface area contributed by atoms with Crippen LogP contribution < -0.4 is 16.3 Å². The van der Waals surface area contributed by atoms with Gasteiger partial charge in [0.15, 0.2) is 5.96 Å². The number of aliphatic imine (C=N–C) groups is 1. The summed E-state index contributed by atoms with van der Waals surface area (Å²) in [7, 11) is 0. The number of hydrogen-bond donors (Lipinski definition) is 2. The second-order valence-corrected chi connectivity index (χ2v) is 8.02. The van der Waals surface area contributed by atoms with E-state index in [1.807, 2.05) is 35.8 Å². The van der Waals surface area contributed by atoms with Crippen LogP contribution in [0.4, 0.5) is 0 Å². The molecule has 0 saturated carbocycles. The molecule has 3 aromatic rings. The first-order valence-electron chi connectivity index (χ1n) is 11.3. The van der Waals surface area contributed by atoms with Crippen molar-refractivity contribution in [3.63, 3.8) is 0 Å². The molecule has 1 aliphatic rings. The van der Waals surface area contributed by atoms with Crippen molar-refractivity contribution in [1.29, 1.82) is 0 Å². The molecule has 9 nitrogen and oxygen atoms in total. The van der Waals surface area contributed by atoms with Crippen molar-refractivity contribution in [2.75, 3.05) is 13.1 Å². The van der Waals surface area contributed by atoms with E-state index in [4.69, 9.17) is 4.42 Å². The summed E-state index contributed by atoms with van der Waals surface area (Å²) in [4.78, 5) is 21.6. The van der Waals surface area contributed by atoms with Crippen molar-refractivity contribution >= 4 is 5.96 Å². The molecule has 2 aromatic heterocycles. The Bertz CT molecular complexity index is 1110. The smallest absolute Gasteiger partial charge is 0.345 e. The normalized spacial score (nSPS) is 13.8. The number of nitrogens with one attached hydrogen (secondary N) is 2. The molecule has 0 amide bonds. The summed E-state index contributed by atoms with van der Waals surface area (Å²) in [6, 6.07) is 8.08. The minimum absolute atomic E-state index is 0.00990. The number of aryl methyl sites for hydroxylation is 3. The van der Waals surface area contributed by atoms with Crippen molar-refractivity contribution in [3.05, 3.63) is 58.1 Å². The molecule has 0 spiro atoms. The van der Waals surface area contributed by atoms with Crippen LogP contribution in [0.3, 0.4) is 0 Å². The van der Waals surface area contributed by atoms with Crippen LogP contribution in [-0.2, 0) is 26.1 Å². The lowest BCUT2D eigenvalue weighted by atomic mass is 10.1. The molecule has 0 atom stereocenters. The maximum Gasteiger partial charge on any atom is 0.345 e. The Labute approximate surface area is 187 Å². The first-order valence-corrected chi connectivity index (χ1v) is 11.3. The van der Waals surface area contributed by atoms with Gasteiger partial charge >= 0.3 is 5.69 Å². The Balaban J connectivity index is 1.29. The summed E-state index contributed by atoms with van der Waals surface area (Å²) in [6.45, 7) is 7.32. The zero-order chi connectivity index (χ0) is 22.3. The Kier molecular flexibility index (Phi) is 7.03. The molecular formula is C23H31N7O2. The highest BCUT2D eigenvalue weighted by Gasteiger charge is 2.16. The zero-order valence-electron chi connectivity index (χ0n) is 18.8. The molecular weight excluding hydrogens is 406 g/mol. The highest BCUT2D eigenvalue weighted by atomic mass is 16.3.